The largest absolute Gasteiger partial charge is 0.384 e. The van der Waals surface area contributed by atoms with Gasteiger partial charge < -0.3 is 9.67 Å². The number of hydrogen-bond acceptors (Lipinski definition) is 4. The van der Waals surface area contributed by atoms with Crippen molar-refractivity contribution >= 4 is 9.84 Å². The summed E-state index contributed by atoms with van der Waals surface area (Å²) in [7, 11) is -1.64. The van der Waals surface area contributed by atoms with Crippen LogP contribution in [-0.2, 0) is 16.9 Å². The highest BCUT2D eigenvalue weighted by molar-refractivity contribution is 7.92. The minimum atomic E-state index is -3.35. The molecule has 1 rings (SSSR count). The van der Waals surface area contributed by atoms with Gasteiger partial charge >= 0.3 is 0 Å². The van der Waals surface area contributed by atoms with Crippen molar-refractivity contribution < 1.29 is 13.5 Å². The zero-order chi connectivity index (χ0) is 11.9. The van der Waals surface area contributed by atoms with E-state index in [1.54, 1.807) is 17.8 Å². The first-order valence-electron chi connectivity index (χ1n) is 4.53. The Morgan fingerprint density at radius 1 is 1.53 bits per heavy atom. The molecule has 1 unspecified atom stereocenters. The van der Waals surface area contributed by atoms with Gasteiger partial charge in [-0.15, -0.1) is 0 Å². The second-order valence-electron chi connectivity index (χ2n) is 4.17. The maximum absolute atomic E-state index is 11.5. The molecule has 1 atom stereocenters. The standard InChI is InChI=1S/C9H16N2O3S/c1-9(2,15(4,13)14)7(12)8-10-5-6-11(8)3/h5-7,12H,1-4H3. The molecule has 0 radical (unpaired) electrons. The Labute approximate surface area is 89.7 Å². The molecule has 0 fully saturated rings. The van der Waals surface area contributed by atoms with Gasteiger partial charge in [-0.05, 0) is 13.8 Å². The fourth-order valence-corrected chi connectivity index (χ4v) is 1.67. The van der Waals surface area contributed by atoms with Gasteiger partial charge in [-0.1, -0.05) is 0 Å². The zero-order valence-electron chi connectivity index (χ0n) is 9.30. The molecule has 5 nitrogen and oxygen atoms in total. The highest BCUT2D eigenvalue weighted by Gasteiger charge is 2.40. The van der Waals surface area contributed by atoms with Crippen LogP contribution in [-0.4, -0.2) is 34.1 Å². The molecule has 6 heteroatoms. The Hall–Kier alpha value is -0.880. The maximum atomic E-state index is 11.5. The molecule has 0 saturated heterocycles. The van der Waals surface area contributed by atoms with E-state index in [2.05, 4.69) is 4.98 Å². The van der Waals surface area contributed by atoms with Gasteiger partial charge in [-0.2, -0.15) is 0 Å². The minimum absolute atomic E-state index is 0.352. The topological polar surface area (TPSA) is 72.2 Å². The quantitative estimate of drug-likeness (QED) is 0.812. The van der Waals surface area contributed by atoms with Gasteiger partial charge in [-0.25, -0.2) is 13.4 Å². The minimum Gasteiger partial charge on any atom is -0.384 e. The summed E-state index contributed by atoms with van der Waals surface area (Å²) in [6.07, 6.45) is 3.17. The van der Waals surface area contributed by atoms with Gasteiger partial charge in [0.05, 0.1) is 4.75 Å². The van der Waals surface area contributed by atoms with Crippen molar-refractivity contribution in [2.24, 2.45) is 7.05 Å². The summed E-state index contributed by atoms with van der Waals surface area (Å²) in [4.78, 5) is 3.94. The molecule has 86 valence electrons. The first-order chi connectivity index (χ1) is 6.68. The van der Waals surface area contributed by atoms with Gasteiger partial charge in [-0.3, -0.25) is 0 Å². The van der Waals surface area contributed by atoms with Gasteiger partial charge in [0.25, 0.3) is 0 Å². The van der Waals surface area contributed by atoms with Crippen LogP contribution in [0.2, 0.25) is 0 Å². The SMILES string of the molecule is Cn1ccnc1C(O)C(C)(C)S(C)(=O)=O. The molecule has 0 bridgehead atoms. The summed E-state index contributed by atoms with van der Waals surface area (Å²) in [5, 5.41) is 9.99. The molecule has 0 aliphatic rings. The number of aryl methyl sites for hydroxylation is 1. The number of aliphatic hydroxyl groups excluding tert-OH is 1. The molecule has 0 amide bonds. The molecule has 0 aliphatic heterocycles. The van der Waals surface area contributed by atoms with E-state index < -0.39 is 20.7 Å². The second-order valence-corrected chi connectivity index (χ2v) is 6.77. The summed E-state index contributed by atoms with van der Waals surface area (Å²) >= 11 is 0. The Kier molecular flexibility index (Phi) is 2.93. The first-order valence-corrected chi connectivity index (χ1v) is 6.42. The van der Waals surface area contributed by atoms with E-state index in [0.717, 1.165) is 6.26 Å². The summed E-state index contributed by atoms with van der Waals surface area (Å²) in [5.41, 5.74) is 0. The van der Waals surface area contributed by atoms with Crippen LogP contribution < -0.4 is 0 Å². The molecular formula is C9H16N2O3S. The van der Waals surface area contributed by atoms with Crippen molar-refractivity contribution in [3.05, 3.63) is 18.2 Å². The van der Waals surface area contributed by atoms with E-state index in [1.165, 1.54) is 20.0 Å². The number of rotatable bonds is 3. The van der Waals surface area contributed by atoms with Crippen LogP contribution in [0.1, 0.15) is 25.8 Å². The molecule has 0 spiro atoms. The van der Waals surface area contributed by atoms with Crippen LogP contribution in [0.25, 0.3) is 0 Å². The van der Waals surface area contributed by atoms with E-state index in [1.807, 2.05) is 0 Å². The third kappa shape index (κ3) is 2.05. The number of aromatic nitrogens is 2. The predicted octanol–water partition coefficient (Wildman–Crippen LogP) is 0.277. The Balaban J connectivity index is 3.16. The predicted molar refractivity (Wildman–Crippen MR) is 57.1 cm³/mol. The smallest absolute Gasteiger partial charge is 0.155 e. The zero-order valence-corrected chi connectivity index (χ0v) is 10.1. The van der Waals surface area contributed by atoms with Crippen LogP contribution in [0.4, 0.5) is 0 Å². The van der Waals surface area contributed by atoms with Crippen molar-refractivity contribution in [2.75, 3.05) is 6.26 Å². The molecule has 1 aromatic rings. The van der Waals surface area contributed by atoms with E-state index in [4.69, 9.17) is 0 Å². The first kappa shape index (κ1) is 12.2. The van der Waals surface area contributed by atoms with Crippen LogP contribution in [0.5, 0.6) is 0 Å². The third-order valence-electron chi connectivity index (χ3n) is 2.72. The average Bonchev–Trinajstić information content (AvgIpc) is 2.48. The maximum Gasteiger partial charge on any atom is 0.155 e. The Morgan fingerprint density at radius 2 is 2.07 bits per heavy atom. The van der Waals surface area contributed by atoms with Crippen molar-refractivity contribution in [1.82, 2.24) is 9.55 Å². The lowest BCUT2D eigenvalue weighted by atomic mass is 10.1. The van der Waals surface area contributed by atoms with E-state index in [0.29, 0.717) is 5.82 Å². The van der Waals surface area contributed by atoms with Crippen LogP contribution in [0.15, 0.2) is 12.4 Å². The third-order valence-corrected chi connectivity index (χ3v) is 4.85. The van der Waals surface area contributed by atoms with Gasteiger partial charge in [0, 0.05) is 25.7 Å². The van der Waals surface area contributed by atoms with Gasteiger partial charge in [0.1, 0.15) is 11.9 Å². The highest BCUT2D eigenvalue weighted by Crippen LogP contribution is 2.30. The monoisotopic (exact) mass is 232 g/mol. The number of imidazole rings is 1. The van der Waals surface area contributed by atoms with Gasteiger partial charge in [0.15, 0.2) is 9.84 Å². The van der Waals surface area contributed by atoms with Crippen LogP contribution in [0.3, 0.4) is 0 Å². The lowest BCUT2D eigenvalue weighted by Gasteiger charge is -2.27. The molecule has 15 heavy (non-hydrogen) atoms. The lowest BCUT2D eigenvalue weighted by molar-refractivity contribution is 0.127. The number of aliphatic hydroxyl groups is 1. The summed E-state index contributed by atoms with van der Waals surface area (Å²) in [6.45, 7) is 2.98. The lowest BCUT2D eigenvalue weighted by Crippen LogP contribution is -2.38. The molecular weight excluding hydrogens is 216 g/mol. The molecule has 1 heterocycles. The fraction of sp³-hybridized carbons (Fsp3) is 0.667. The molecule has 0 aromatic carbocycles. The highest BCUT2D eigenvalue weighted by atomic mass is 32.2. The summed E-state index contributed by atoms with van der Waals surface area (Å²) in [5.74, 6) is 0.352. The fourth-order valence-electron chi connectivity index (χ4n) is 1.15. The van der Waals surface area contributed by atoms with Crippen molar-refractivity contribution in [1.29, 1.82) is 0 Å². The normalized spacial score (nSPS) is 15.3. The Morgan fingerprint density at radius 3 is 2.40 bits per heavy atom. The molecule has 0 saturated carbocycles. The van der Waals surface area contributed by atoms with Crippen molar-refractivity contribution in [2.45, 2.75) is 24.7 Å². The number of sulfone groups is 1. The number of hydrogen-bond donors (Lipinski definition) is 1. The van der Waals surface area contributed by atoms with E-state index in [9.17, 15) is 13.5 Å². The van der Waals surface area contributed by atoms with Crippen LogP contribution in [0, 0.1) is 0 Å². The summed E-state index contributed by atoms with van der Waals surface area (Å²) in [6, 6.07) is 0. The van der Waals surface area contributed by atoms with E-state index >= 15 is 0 Å². The summed E-state index contributed by atoms with van der Waals surface area (Å²) < 4.78 is 23.4. The van der Waals surface area contributed by atoms with E-state index in [-0.39, 0.29) is 0 Å². The molecule has 0 aliphatic carbocycles. The van der Waals surface area contributed by atoms with Crippen molar-refractivity contribution in [3.63, 3.8) is 0 Å². The Bertz CT molecular complexity index is 448. The number of nitrogens with zero attached hydrogens (tertiary/aromatic N) is 2. The average molecular weight is 232 g/mol. The van der Waals surface area contributed by atoms with Crippen molar-refractivity contribution in [3.8, 4) is 0 Å². The second kappa shape index (κ2) is 3.61. The molecule has 1 N–H and O–H groups in total. The molecule has 1 aromatic heterocycles. The van der Waals surface area contributed by atoms with Gasteiger partial charge in [0.2, 0.25) is 0 Å². The van der Waals surface area contributed by atoms with Crippen LogP contribution >= 0.6 is 0 Å².